The van der Waals surface area contributed by atoms with Crippen LogP contribution in [0.15, 0.2) is 21.5 Å². The molecule has 3 nitrogen and oxygen atoms in total. The van der Waals surface area contributed by atoms with E-state index in [2.05, 4.69) is 21.2 Å². The van der Waals surface area contributed by atoms with Crippen LogP contribution >= 0.6 is 50.9 Å². The van der Waals surface area contributed by atoms with E-state index in [1.165, 1.54) is 6.08 Å². The summed E-state index contributed by atoms with van der Waals surface area (Å²) in [5.41, 5.74) is 0.517. The topological polar surface area (TPSA) is 46.2 Å². The number of benzene rings is 1. The van der Waals surface area contributed by atoms with Crippen molar-refractivity contribution in [3.8, 4) is 0 Å². The molecular weight excluding hydrogens is 349 g/mol. The smallest absolute Gasteiger partial charge is 0.282 e. The number of imide groups is 1. The lowest BCUT2D eigenvalue weighted by molar-refractivity contribution is -0.115. The summed E-state index contributed by atoms with van der Waals surface area (Å²) in [4.78, 5) is 22.6. The number of halogens is 3. The molecule has 17 heavy (non-hydrogen) atoms. The molecule has 0 atom stereocenters. The van der Waals surface area contributed by atoms with Gasteiger partial charge in [0.05, 0.1) is 15.0 Å². The second kappa shape index (κ2) is 5.02. The molecule has 0 unspecified atom stereocenters. The molecule has 0 aliphatic carbocycles. The van der Waals surface area contributed by atoms with E-state index in [9.17, 15) is 9.59 Å². The number of amides is 2. The van der Waals surface area contributed by atoms with Crippen molar-refractivity contribution < 1.29 is 9.59 Å². The van der Waals surface area contributed by atoms with Crippen LogP contribution < -0.4 is 5.32 Å². The van der Waals surface area contributed by atoms with Crippen molar-refractivity contribution in [2.24, 2.45) is 0 Å². The molecule has 1 N–H and O–H groups in total. The molecule has 1 fully saturated rings. The van der Waals surface area contributed by atoms with E-state index in [1.807, 2.05) is 0 Å². The van der Waals surface area contributed by atoms with Crippen LogP contribution in [0.2, 0.25) is 10.0 Å². The summed E-state index contributed by atoms with van der Waals surface area (Å²) in [5.74, 6) is -0.435. The van der Waals surface area contributed by atoms with Gasteiger partial charge in [0.2, 0.25) is 0 Å². The Morgan fingerprint density at radius 1 is 1.24 bits per heavy atom. The Labute approximate surface area is 120 Å². The zero-order valence-corrected chi connectivity index (χ0v) is 12.0. The molecule has 0 saturated carbocycles. The van der Waals surface area contributed by atoms with E-state index in [0.29, 0.717) is 15.6 Å². The first-order chi connectivity index (χ1) is 7.97. The van der Waals surface area contributed by atoms with Crippen LogP contribution in [-0.2, 0) is 4.79 Å². The summed E-state index contributed by atoms with van der Waals surface area (Å²) in [7, 11) is 0. The fraction of sp³-hybridized carbons (Fsp3) is 0. The third-order valence-corrected chi connectivity index (χ3v) is 3.86. The van der Waals surface area contributed by atoms with Crippen molar-refractivity contribution >= 4 is 68.1 Å². The molecule has 1 aliphatic heterocycles. The van der Waals surface area contributed by atoms with E-state index < -0.39 is 11.1 Å². The molecule has 1 aliphatic rings. The Morgan fingerprint density at radius 3 is 2.29 bits per heavy atom. The van der Waals surface area contributed by atoms with Gasteiger partial charge in [-0.05, 0) is 30.0 Å². The Kier molecular flexibility index (Phi) is 3.82. The molecule has 1 saturated heterocycles. The standard InChI is InChI=1S/C10H4BrCl2NO2S/c11-4-1-6(12)5(7(13)2-4)3-8-9(15)14-10(16)17-8/h1-3H,(H,14,15,16). The third-order valence-electron chi connectivity index (χ3n) is 1.96. The highest BCUT2D eigenvalue weighted by atomic mass is 79.9. The summed E-state index contributed by atoms with van der Waals surface area (Å²) in [6.07, 6.45) is 1.50. The number of hydrogen-bond donors (Lipinski definition) is 1. The fourth-order valence-electron chi connectivity index (χ4n) is 1.24. The van der Waals surface area contributed by atoms with Crippen molar-refractivity contribution in [1.29, 1.82) is 0 Å². The molecule has 1 heterocycles. The molecule has 1 aromatic rings. The van der Waals surface area contributed by atoms with Crippen LogP contribution in [0, 0.1) is 0 Å². The predicted molar refractivity (Wildman–Crippen MR) is 73.3 cm³/mol. The summed E-state index contributed by atoms with van der Waals surface area (Å²) in [6.45, 7) is 0. The Bertz CT molecular complexity index is 536. The largest absolute Gasteiger partial charge is 0.290 e. The fourth-order valence-corrected chi connectivity index (χ4v) is 3.22. The molecule has 88 valence electrons. The normalized spacial score (nSPS) is 17.7. The molecule has 1 aromatic carbocycles. The zero-order chi connectivity index (χ0) is 12.6. The van der Waals surface area contributed by atoms with E-state index in [4.69, 9.17) is 23.2 Å². The first-order valence-corrected chi connectivity index (χ1v) is 6.73. The van der Waals surface area contributed by atoms with Crippen molar-refractivity contribution in [3.05, 3.63) is 37.1 Å². The van der Waals surface area contributed by atoms with Gasteiger partial charge in [-0.3, -0.25) is 14.9 Å². The van der Waals surface area contributed by atoms with Crippen molar-refractivity contribution in [2.45, 2.75) is 0 Å². The van der Waals surface area contributed by atoms with Gasteiger partial charge in [0, 0.05) is 10.0 Å². The van der Waals surface area contributed by atoms with Gasteiger partial charge in [-0.2, -0.15) is 0 Å². The van der Waals surface area contributed by atoms with Gasteiger partial charge in [-0.1, -0.05) is 39.1 Å². The van der Waals surface area contributed by atoms with Gasteiger partial charge in [-0.25, -0.2) is 0 Å². The van der Waals surface area contributed by atoms with Crippen molar-refractivity contribution in [1.82, 2.24) is 5.32 Å². The molecule has 2 rings (SSSR count). The minimum atomic E-state index is -0.435. The lowest BCUT2D eigenvalue weighted by Crippen LogP contribution is -2.17. The SMILES string of the molecule is O=C1NC(=O)C(=Cc2c(Cl)cc(Br)cc2Cl)S1. The van der Waals surface area contributed by atoms with Crippen LogP contribution in [0.4, 0.5) is 4.79 Å². The Morgan fingerprint density at radius 2 is 1.82 bits per heavy atom. The number of rotatable bonds is 1. The first kappa shape index (κ1) is 13.0. The predicted octanol–water partition coefficient (Wildman–Crippen LogP) is 4.08. The quantitative estimate of drug-likeness (QED) is 0.774. The molecule has 0 spiro atoms. The van der Waals surface area contributed by atoms with Gasteiger partial charge in [-0.15, -0.1) is 0 Å². The highest BCUT2D eigenvalue weighted by molar-refractivity contribution is 9.10. The van der Waals surface area contributed by atoms with Crippen molar-refractivity contribution in [3.63, 3.8) is 0 Å². The highest BCUT2D eigenvalue weighted by Gasteiger charge is 2.25. The number of carbonyl (C=O) groups excluding carboxylic acids is 2. The second-order valence-electron chi connectivity index (χ2n) is 3.14. The zero-order valence-electron chi connectivity index (χ0n) is 8.09. The molecule has 2 amide bonds. The molecule has 7 heteroatoms. The molecule has 0 radical (unpaired) electrons. The van der Waals surface area contributed by atoms with Crippen LogP contribution in [0.25, 0.3) is 6.08 Å². The van der Waals surface area contributed by atoms with Gasteiger partial charge in [0.15, 0.2) is 0 Å². The monoisotopic (exact) mass is 351 g/mol. The van der Waals surface area contributed by atoms with Crippen LogP contribution in [0.3, 0.4) is 0 Å². The number of hydrogen-bond acceptors (Lipinski definition) is 3. The molecule has 0 bridgehead atoms. The number of thioether (sulfide) groups is 1. The lowest BCUT2D eigenvalue weighted by atomic mass is 10.2. The summed E-state index contributed by atoms with van der Waals surface area (Å²) >= 11 is 16.1. The van der Waals surface area contributed by atoms with Gasteiger partial charge in [0.25, 0.3) is 11.1 Å². The minimum Gasteiger partial charge on any atom is -0.282 e. The maximum Gasteiger partial charge on any atom is 0.290 e. The maximum atomic E-state index is 11.4. The number of carbonyl (C=O) groups is 2. The summed E-state index contributed by atoms with van der Waals surface area (Å²) in [5, 5.41) is 2.58. The van der Waals surface area contributed by atoms with E-state index in [0.717, 1.165) is 16.2 Å². The first-order valence-electron chi connectivity index (χ1n) is 4.37. The summed E-state index contributed by atoms with van der Waals surface area (Å²) < 4.78 is 0.745. The Hall–Kier alpha value is -0.490. The highest BCUT2D eigenvalue weighted by Crippen LogP contribution is 2.34. The van der Waals surface area contributed by atoms with Gasteiger partial charge in [0.1, 0.15) is 0 Å². The minimum absolute atomic E-state index is 0.279. The number of nitrogens with one attached hydrogen (secondary N) is 1. The average molecular weight is 353 g/mol. The molecular formula is C10H4BrCl2NO2S. The van der Waals surface area contributed by atoms with E-state index in [-0.39, 0.29) is 4.91 Å². The average Bonchev–Trinajstić information content (AvgIpc) is 2.51. The van der Waals surface area contributed by atoms with Crippen molar-refractivity contribution in [2.75, 3.05) is 0 Å². The molecule has 0 aromatic heterocycles. The summed E-state index contributed by atoms with van der Waals surface area (Å²) in [6, 6.07) is 3.33. The van der Waals surface area contributed by atoms with E-state index in [1.54, 1.807) is 12.1 Å². The second-order valence-corrected chi connectivity index (χ2v) is 5.88. The van der Waals surface area contributed by atoms with Crippen LogP contribution in [-0.4, -0.2) is 11.1 Å². The van der Waals surface area contributed by atoms with Gasteiger partial charge >= 0.3 is 0 Å². The van der Waals surface area contributed by atoms with Gasteiger partial charge < -0.3 is 0 Å². The van der Waals surface area contributed by atoms with E-state index >= 15 is 0 Å². The van der Waals surface area contributed by atoms with Crippen LogP contribution in [0.1, 0.15) is 5.56 Å². The Balaban J connectivity index is 2.46. The third kappa shape index (κ3) is 2.85. The lowest BCUT2D eigenvalue weighted by Gasteiger charge is -2.03. The maximum absolute atomic E-state index is 11.4. The van der Waals surface area contributed by atoms with Crippen LogP contribution in [0.5, 0.6) is 0 Å².